The molecule has 14 heteroatoms. The minimum atomic E-state index is -1.27. The number of nitrogens with two attached hydrogens (primary N) is 3. The topological polar surface area (TPSA) is 251 Å². The first-order valence-corrected chi connectivity index (χ1v) is 13.7. The fraction of sp³-hybridized carbons (Fsp3) is 0.345. The van der Waals surface area contributed by atoms with Crippen molar-refractivity contribution in [2.24, 2.45) is 22.2 Å². The predicted octanol–water partition coefficient (Wildman–Crippen LogP) is -0.401. The molecule has 0 fully saturated rings. The zero-order chi connectivity index (χ0) is 31.5. The van der Waals surface area contributed by atoms with Crippen molar-refractivity contribution in [3.05, 3.63) is 65.9 Å². The Balaban J connectivity index is 1.87. The van der Waals surface area contributed by atoms with Gasteiger partial charge in [0.2, 0.25) is 17.7 Å². The molecule has 2 aromatic carbocycles. The number of amides is 3. The van der Waals surface area contributed by atoms with E-state index < -0.39 is 47.9 Å². The molecular weight excluding hydrogens is 556 g/mol. The molecule has 3 amide bonds. The second-order valence-electron chi connectivity index (χ2n) is 10.2. The first kappa shape index (κ1) is 32.4. The molecular formula is C29H38N8O6. The van der Waals surface area contributed by atoms with Gasteiger partial charge < -0.3 is 48.3 Å². The van der Waals surface area contributed by atoms with E-state index in [2.05, 4.69) is 25.9 Å². The highest BCUT2D eigenvalue weighted by Gasteiger charge is 2.31. The molecule has 3 rings (SSSR count). The van der Waals surface area contributed by atoms with Crippen LogP contribution in [-0.2, 0) is 32.0 Å². The van der Waals surface area contributed by atoms with E-state index in [9.17, 15) is 29.4 Å². The van der Waals surface area contributed by atoms with Crippen LogP contribution in [0.3, 0.4) is 0 Å². The molecule has 230 valence electrons. The Morgan fingerprint density at radius 2 is 1.49 bits per heavy atom. The number of hydrogen-bond acceptors (Lipinski definition) is 7. The van der Waals surface area contributed by atoms with Crippen molar-refractivity contribution in [2.75, 3.05) is 6.54 Å². The number of benzene rings is 2. The molecule has 0 saturated carbocycles. The number of nitrogens with one attached hydrogen (secondary N) is 4. The first-order valence-electron chi connectivity index (χ1n) is 13.7. The van der Waals surface area contributed by atoms with Gasteiger partial charge >= 0.3 is 5.97 Å². The number of aromatic amines is 1. The van der Waals surface area contributed by atoms with E-state index in [1.165, 1.54) is 19.1 Å². The van der Waals surface area contributed by atoms with Gasteiger partial charge in [0.1, 0.15) is 23.9 Å². The molecule has 0 radical (unpaired) electrons. The summed E-state index contributed by atoms with van der Waals surface area (Å²) in [6, 6.07) is 8.99. The van der Waals surface area contributed by atoms with Crippen LogP contribution in [0.5, 0.6) is 5.75 Å². The molecule has 1 heterocycles. The Hall–Kier alpha value is -5.11. The lowest BCUT2D eigenvalue weighted by atomic mass is 10.0. The standard InChI is InChI=1S/C29H38N8O6/c1-16(30)25(39)36-23(13-17-8-10-19(38)11-9-17)26(40)37-24(14-18-15-34-21-6-3-2-5-20(18)21)27(41)35-22(28(42)43)7-4-12-33-29(31)32/h2-3,5-6,8-11,15-16,22-24,34,38H,4,7,12-14,30H2,1H3,(H,35,41)(H,36,39)(H,37,40)(H,42,43)(H4,31,32,33). The van der Waals surface area contributed by atoms with Crippen LogP contribution in [-0.4, -0.2) is 75.6 Å². The Labute approximate surface area is 248 Å². The molecule has 3 aromatic rings. The second kappa shape index (κ2) is 15.2. The zero-order valence-corrected chi connectivity index (χ0v) is 23.7. The van der Waals surface area contributed by atoms with Gasteiger partial charge in [0, 0.05) is 36.5 Å². The summed E-state index contributed by atoms with van der Waals surface area (Å²) in [7, 11) is 0. The van der Waals surface area contributed by atoms with Crippen molar-refractivity contribution in [1.29, 1.82) is 0 Å². The van der Waals surface area contributed by atoms with Crippen molar-refractivity contribution in [1.82, 2.24) is 20.9 Å². The summed E-state index contributed by atoms with van der Waals surface area (Å²) in [4.78, 5) is 58.5. The molecule has 0 aliphatic rings. The van der Waals surface area contributed by atoms with Crippen LogP contribution in [0.25, 0.3) is 10.9 Å². The smallest absolute Gasteiger partial charge is 0.326 e. The van der Waals surface area contributed by atoms with Gasteiger partial charge in [0.15, 0.2) is 5.96 Å². The molecule has 0 spiro atoms. The molecule has 43 heavy (non-hydrogen) atoms. The number of H-pyrrole nitrogens is 1. The lowest BCUT2D eigenvalue weighted by molar-refractivity contribution is -0.142. The monoisotopic (exact) mass is 594 g/mol. The van der Waals surface area contributed by atoms with Crippen LogP contribution >= 0.6 is 0 Å². The molecule has 14 nitrogen and oxygen atoms in total. The predicted molar refractivity (Wildman–Crippen MR) is 161 cm³/mol. The Kier molecular flexibility index (Phi) is 11.5. The highest BCUT2D eigenvalue weighted by molar-refractivity contribution is 5.95. The van der Waals surface area contributed by atoms with Crippen molar-refractivity contribution in [3.8, 4) is 5.75 Å². The quantitative estimate of drug-likeness (QED) is 0.0629. The molecule has 0 bridgehead atoms. The molecule has 1 aromatic heterocycles. The van der Waals surface area contributed by atoms with Gasteiger partial charge in [-0.3, -0.25) is 19.4 Å². The second-order valence-corrected chi connectivity index (χ2v) is 10.2. The Morgan fingerprint density at radius 3 is 2.12 bits per heavy atom. The summed E-state index contributed by atoms with van der Waals surface area (Å²) in [5.74, 6) is -3.34. The molecule has 0 saturated heterocycles. The van der Waals surface area contributed by atoms with Crippen LogP contribution in [0.1, 0.15) is 30.9 Å². The van der Waals surface area contributed by atoms with E-state index >= 15 is 0 Å². The minimum Gasteiger partial charge on any atom is -0.508 e. The van der Waals surface area contributed by atoms with E-state index in [-0.39, 0.29) is 43.9 Å². The number of phenolic OH excluding ortho intramolecular Hbond substituents is 1. The van der Waals surface area contributed by atoms with E-state index in [0.29, 0.717) is 11.1 Å². The molecule has 4 unspecified atom stereocenters. The van der Waals surface area contributed by atoms with Gasteiger partial charge in [-0.15, -0.1) is 0 Å². The normalized spacial score (nSPS) is 13.7. The number of guanidine groups is 1. The summed E-state index contributed by atoms with van der Waals surface area (Å²) in [5, 5.41) is 28.0. The van der Waals surface area contributed by atoms with Gasteiger partial charge in [-0.1, -0.05) is 30.3 Å². The lowest BCUT2D eigenvalue weighted by Gasteiger charge is -2.25. The van der Waals surface area contributed by atoms with Gasteiger partial charge in [0.25, 0.3) is 0 Å². The number of carboxylic acids is 1. The number of hydrogen-bond donors (Lipinski definition) is 9. The maximum atomic E-state index is 13.6. The fourth-order valence-corrected chi connectivity index (χ4v) is 4.42. The lowest BCUT2D eigenvalue weighted by Crippen LogP contribution is -2.58. The van der Waals surface area contributed by atoms with Gasteiger partial charge in [-0.2, -0.15) is 0 Å². The minimum absolute atomic E-state index is 0.0229. The highest BCUT2D eigenvalue weighted by atomic mass is 16.4. The van der Waals surface area contributed by atoms with Gasteiger partial charge in [0.05, 0.1) is 6.04 Å². The Bertz CT molecular complexity index is 1450. The van der Waals surface area contributed by atoms with Crippen LogP contribution in [0.2, 0.25) is 0 Å². The molecule has 12 N–H and O–H groups in total. The maximum absolute atomic E-state index is 13.6. The molecule has 0 aliphatic carbocycles. The summed E-state index contributed by atoms with van der Waals surface area (Å²) in [6.07, 6.45) is 2.10. The average Bonchev–Trinajstić information content (AvgIpc) is 3.37. The number of nitrogens with zero attached hydrogens (tertiary/aromatic N) is 1. The number of fused-ring (bicyclic) bond motifs is 1. The number of carbonyl (C=O) groups excluding carboxylic acids is 3. The fourth-order valence-electron chi connectivity index (χ4n) is 4.42. The van der Waals surface area contributed by atoms with Crippen molar-refractivity contribution in [2.45, 2.75) is 56.8 Å². The number of aliphatic carboxylic acids is 1. The van der Waals surface area contributed by atoms with Crippen LogP contribution in [0, 0.1) is 0 Å². The summed E-state index contributed by atoms with van der Waals surface area (Å²) in [6.45, 7) is 1.65. The SMILES string of the molecule is CC(N)C(=O)NC(Cc1ccc(O)cc1)C(=O)NC(Cc1c[nH]c2ccccc12)C(=O)NC(CCCN=C(N)N)C(=O)O. The third-order valence-electron chi connectivity index (χ3n) is 6.71. The number of phenols is 1. The molecule has 0 aliphatic heterocycles. The van der Waals surface area contributed by atoms with Crippen LogP contribution in [0.15, 0.2) is 59.7 Å². The number of aromatic hydroxyl groups is 1. The summed E-state index contributed by atoms with van der Waals surface area (Å²) >= 11 is 0. The largest absolute Gasteiger partial charge is 0.508 e. The van der Waals surface area contributed by atoms with Crippen molar-refractivity contribution in [3.63, 3.8) is 0 Å². The molecule has 4 atom stereocenters. The van der Waals surface area contributed by atoms with Gasteiger partial charge in [-0.25, -0.2) is 4.79 Å². The number of carboxylic acid groups (broad SMARTS) is 1. The van der Waals surface area contributed by atoms with Crippen LogP contribution in [0.4, 0.5) is 0 Å². The zero-order valence-electron chi connectivity index (χ0n) is 23.7. The van der Waals surface area contributed by atoms with E-state index in [4.69, 9.17) is 17.2 Å². The number of aliphatic imine (C=N–C) groups is 1. The number of para-hydroxylation sites is 1. The third-order valence-corrected chi connectivity index (χ3v) is 6.71. The summed E-state index contributed by atoms with van der Waals surface area (Å²) in [5.41, 5.74) is 18.5. The van der Waals surface area contributed by atoms with Crippen molar-refractivity contribution >= 4 is 40.6 Å². The van der Waals surface area contributed by atoms with E-state index in [0.717, 1.165) is 10.9 Å². The maximum Gasteiger partial charge on any atom is 0.326 e. The van der Waals surface area contributed by atoms with Gasteiger partial charge in [-0.05, 0) is 49.1 Å². The number of rotatable bonds is 15. The summed E-state index contributed by atoms with van der Waals surface area (Å²) < 4.78 is 0. The average molecular weight is 595 g/mol. The third kappa shape index (κ3) is 9.74. The number of carbonyl (C=O) groups is 4. The van der Waals surface area contributed by atoms with Crippen LogP contribution < -0.4 is 33.2 Å². The first-order chi connectivity index (χ1) is 20.4. The van der Waals surface area contributed by atoms with E-state index in [1.54, 1.807) is 18.3 Å². The highest BCUT2D eigenvalue weighted by Crippen LogP contribution is 2.20. The van der Waals surface area contributed by atoms with E-state index in [1.807, 2.05) is 24.3 Å². The van der Waals surface area contributed by atoms with Crippen molar-refractivity contribution < 1.29 is 29.4 Å². The number of aromatic nitrogens is 1. The Morgan fingerprint density at radius 1 is 0.884 bits per heavy atom.